The number of urea groups is 2. The Morgan fingerprint density at radius 1 is 0.667 bits per heavy atom. The van der Waals surface area contributed by atoms with E-state index in [1.807, 2.05) is 47.2 Å². The molecule has 72 heavy (non-hydrogen) atoms. The minimum absolute atomic E-state index is 0.0105. The van der Waals surface area contributed by atoms with E-state index in [4.69, 9.17) is 25.7 Å². The van der Waals surface area contributed by atoms with Gasteiger partial charge in [0.1, 0.15) is 18.2 Å². The number of nitrogens with two attached hydrogens (primary N) is 2. The number of anilines is 2. The molecule has 0 spiro atoms. The number of nitrogen functional groups attached to an aromatic ring is 2. The summed E-state index contributed by atoms with van der Waals surface area (Å²) in [5.74, 6) is -0.254. The minimum atomic E-state index is -1.49. The van der Waals surface area contributed by atoms with Gasteiger partial charge in [-0.2, -0.15) is 0 Å². The second kappa shape index (κ2) is 19.5. The number of hydrogen-bond acceptors (Lipinski definition) is 15. The molecule has 372 valence electrons. The van der Waals surface area contributed by atoms with Crippen LogP contribution in [0.3, 0.4) is 0 Å². The summed E-state index contributed by atoms with van der Waals surface area (Å²) >= 11 is 2.68. The predicted octanol–water partition coefficient (Wildman–Crippen LogP) is 6.21. The van der Waals surface area contributed by atoms with E-state index in [2.05, 4.69) is 45.6 Å². The smallest absolute Gasteiger partial charge is 0.327 e. The lowest BCUT2D eigenvalue weighted by molar-refractivity contribution is -0.135. The van der Waals surface area contributed by atoms with Crippen LogP contribution in [0.5, 0.6) is 11.5 Å². The molecule has 0 saturated carbocycles. The standard InChI is InChI=1S/C28H33N5O5SSi.C22H19N5O4S/c1-37-21-10-7-19-14-32(24(34)22(19)13-21)16-28(20-8-5-18(6-9-20)23-15-39-26(29)30-23)25(35)33(27(36)31-28)17-38-11-12-40(2,3)4;1-31-15-7-4-13-9-27(18(28)16(13)8-15)11-22(19(29)25-21(30)26-22)14-5-2-12(3-6-14)17-10-32-20(23)24-17/h5-10,13,15H,11-12,14,16-17H2,1-4H3,(H2,29,30)(H,31,36);2-8,10H,9,11H2,1H3,(H2,23,24)(H2,25,26,29,30). The van der Waals surface area contributed by atoms with E-state index < -0.39 is 43.0 Å². The number of ether oxygens (including phenoxy) is 3. The Morgan fingerprint density at radius 3 is 1.58 bits per heavy atom. The number of aromatic nitrogens is 2. The van der Waals surface area contributed by atoms with Gasteiger partial charge in [0, 0.05) is 60.8 Å². The number of rotatable bonds is 15. The Kier molecular flexibility index (Phi) is 13.4. The summed E-state index contributed by atoms with van der Waals surface area (Å²) in [7, 11) is 1.74. The van der Waals surface area contributed by atoms with Crippen molar-refractivity contribution in [1.29, 1.82) is 0 Å². The molecule has 8 amide bonds. The molecule has 4 aliphatic rings. The van der Waals surface area contributed by atoms with Gasteiger partial charge < -0.3 is 46.1 Å². The molecule has 2 unspecified atom stereocenters. The van der Waals surface area contributed by atoms with E-state index in [-0.39, 0.29) is 31.6 Å². The third-order valence-electron chi connectivity index (χ3n) is 13.0. The van der Waals surface area contributed by atoms with Crippen LogP contribution >= 0.6 is 22.7 Å². The molecule has 10 rings (SSSR count). The molecule has 0 bridgehead atoms. The molecular weight excluding hydrogens is 977 g/mol. The molecule has 2 aromatic heterocycles. The zero-order chi connectivity index (χ0) is 51.1. The summed E-state index contributed by atoms with van der Waals surface area (Å²) in [5, 5.41) is 12.6. The number of imide groups is 2. The number of hydrogen-bond donors (Lipinski definition) is 5. The van der Waals surface area contributed by atoms with Gasteiger partial charge >= 0.3 is 12.1 Å². The van der Waals surface area contributed by atoms with Crippen LogP contribution in [0.1, 0.15) is 43.0 Å². The summed E-state index contributed by atoms with van der Waals surface area (Å²) < 4.78 is 16.3. The highest BCUT2D eigenvalue weighted by Crippen LogP contribution is 2.37. The van der Waals surface area contributed by atoms with Gasteiger partial charge in [0.15, 0.2) is 21.3 Å². The monoisotopic (exact) mass is 1030 g/mol. The highest BCUT2D eigenvalue weighted by molar-refractivity contribution is 7.14. The Balaban J connectivity index is 0.000000182. The molecule has 2 atom stereocenters. The van der Waals surface area contributed by atoms with E-state index in [1.165, 1.54) is 29.8 Å². The van der Waals surface area contributed by atoms with E-state index in [9.17, 15) is 28.8 Å². The number of carbonyl (C=O) groups is 6. The van der Waals surface area contributed by atoms with Crippen molar-refractivity contribution in [2.75, 3.05) is 52.1 Å². The van der Waals surface area contributed by atoms with Gasteiger partial charge in [-0.05, 0) is 52.6 Å². The minimum Gasteiger partial charge on any atom is -0.497 e. The largest absolute Gasteiger partial charge is 0.497 e. The molecule has 6 heterocycles. The summed E-state index contributed by atoms with van der Waals surface area (Å²) in [6, 6.07) is 24.8. The first kappa shape index (κ1) is 49.3. The first-order valence-electron chi connectivity index (χ1n) is 22.8. The van der Waals surface area contributed by atoms with Gasteiger partial charge in [-0.3, -0.25) is 24.5 Å². The number of benzene rings is 4. The molecule has 6 aromatic rings. The molecule has 2 saturated heterocycles. The highest BCUT2D eigenvalue weighted by atomic mass is 32.1. The van der Waals surface area contributed by atoms with Crippen LogP contribution in [0.4, 0.5) is 19.9 Å². The Hall–Kier alpha value is -7.66. The van der Waals surface area contributed by atoms with Crippen molar-refractivity contribution in [3.05, 3.63) is 129 Å². The van der Waals surface area contributed by atoms with E-state index >= 15 is 0 Å². The molecule has 19 nitrogen and oxygen atoms in total. The van der Waals surface area contributed by atoms with Crippen molar-refractivity contribution in [2.45, 2.75) is 49.9 Å². The first-order chi connectivity index (χ1) is 34.4. The summed E-state index contributed by atoms with van der Waals surface area (Å²) in [4.78, 5) is 91.6. The number of nitrogens with zero attached hydrogens (tertiary/aromatic N) is 5. The van der Waals surface area contributed by atoms with Crippen LogP contribution in [0, 0.1) is 0 Å². The lowest BCUT2D eigenvalue weighted by atomic mass is 9.88. The number of amides is 8. The number of thiazole rings is 2. The first-order valence-corrected chi connectivity index (χ1v) is 28.3. The SMILES string of the molecule is COc1ccc2c(c1)C(=O)N(CC1(c3ccc(-c4csc(N)n4)cc3)NC(=O)N(COCC[Si](C)(C)C)C1=O)C2.COc1ccc2c(c1)C(=O)N(CC1(c3ccc(-c4csc(N)n4)cc3)NC(=O)NC1=O)C2. The maximum absolute atomic E-state index is 14.0. The average Bonchev–Trinajstić information content (AvgIpc) is 4.22. The summed E-state index contributed by atoms with van der Waals surface area (Å²) in [5.41, 5.74) is 15.6. The summed E-state index contributed by atoms with van der Waals surface area (Å²) in [6.07, 6.45) is 0. The normalized spacial score (nSPS) is 19.2. The van der Waals surface area contributed by atoms with E-state index in [0.717, 1.165) is 44.6 Å². The summed E-state index contributed by atoms with van der Waals surface area (Å²) in [6.45, 7) is 7.61. The van der Waals surface area contributed by atoms with E-state index in [0.29, 0.717) is 63.7 Å². The number of methoxy groups -OCH3 is 2. The van der Waals surface area contributed by atoms with Gasteiger partial charge in [-0.25, -0.2) is 24.5 Å². The molecule has 7 N–H and O–H groups in total. The zero-order valence-corrected chi connectivity index (χ0v) is 42.7. The second-order valence-corrected chi connectivity index (χ2v) is 26.3. The van der Waals surface area contributed by atoms with Crippen molar-refractivity contribution in [1.82, 2.24) is 40.6 Å². The molecule has 2 fully saturated rings. The van der Waals surface area contributed by atoms with Gasteiger partial charge in [0.2, 0.25) is 0 Å². The van der Waals surface area contributed by atoms with Crippen molar-refractivity contribution < 1.29 is 43.0 Å². The number of nitrogens with one attached hydrogen (secondary N) is 3. The van der Waals surface area contributed by atoms with Crippen LogP contribution in [-0.4, -0.2) is 109 Å². The van der Waals surface area contributed by atoms with Crippen LogP contribution in [0.25, 0.3) is 22.5 Å². The lowest BCUT2D eigenvalue weighted by Gasteiger charge is -2.32. The second-order valence-electron chi connectivity index (χ2n) is 18.9. The quantitative estimate of drug-likeness (QED) is 0.0437. The topological polar surface area (TPSA) is 254 Å². The van der Waals surface area contributed by atoms with Gasteiger partial charge in [0.25, 0.3) is 23.6 Å². The van der Waals surface area contributed by atoms with Crippen LogP contribution in [0.2, 0.25) is 25.7 Å². The molecule has 4 aromatic carbocycles. The number of fused-ring (bicyclic) bond motifs is 2. The molecule has 0 aliphatic carbocycles. The van der Waals surface area contributed by atoms with Crippen molar-refractivity contribution in [2.24, 2.45) is 0 Å². The third kappa shape index (κ3) is 9.60. The highest BCUT2D eigenvalue weighted by Gasteiger charge is 2.55. The zero-order valence-electron chi connectivity index (χ0n) is 40.1. The van der Waals surface area contributed by atoms with Crippen LogP contribution < -0.4 is 36.9 Å². The maximum atomic E-state index is 14.0. The Morgan fingerprint density at radius 2 is 1.15 bits per heavy atom. The predicted molar refractivity (Wildman–Crippen MR) is 274 cm³/mol. The Bertz CT molecular complexity index is 3120. The van der Waals surface area contributed by atoms with Crippen LogP contribution in [-0.2, 0) is 38.5 Å². The van der Waals surface area contributed by atoms with Crippen molar-refractivity contribution >= 4 is 76.7 Å². The Labute approximate surface area is 423 Å². The van der Waals surface area contributed by atoms with Crippen molar-refractivity contribution in [3.8, 4) is 34.0 Å². The third-order valence-corrected chi connectivity index (χ3v) is 16.0. The fourth-order valence-electron chi connectivity index (χ4n) is 9.02. The molecule has 22 heteroatoms. The van der Waals surface area contributed by atoms with Crippen molar-refractivity contribution in [3.63, 3.8) is 0 Å². The van der Waals surface area contributed by atoms with E-state index in [1.54, 1.807) is 65.4 Å². The molecular formula is C50H52N10O9S2Si. The lowest BCUT2D eigenvalue weighted by Crippen LogP contribution is -2.53. The molecule has 0 radical (unpaired) electrons. The van der Waals surface area contributed by atoms with Gasteiger partial charge in [-0.15, -0.1) is 22.7 Å². The average molecular weight is 1030 g/mol. The molecule has 4 aliphatic heterocycles. The van der Waals surface area contributed by atoms with Gasteiger partial charge in [-0.1, -0.05) is 80.3 Å². The maximum Gasteiger partial charge on any atom is 0.327 e. The van der Waals surface area contributed by atoms with Crippen LogP contribution in [0.15, 0.2) is 95.7 Å². The fraction of sp³-hybridized carbons (Fsp3) is 0.280. The number of carbonyl (C=O) groups excluding carboxylic acids is 6. The van der Waals surface area contributed by atoms with Gasteiger partial charge in [0.05, 0.1) is 38.7 Å². The fourth-order valence-corrected chi connectivity index (χ4v) is 10.9.